The number of rotatable bonds is 7. The molecule has 0 aliphatic carbocycles. The van der Waals surface area contributed by atoms with Crippen molar-refractivity contribution in [2.75, 3.05) is 45.8 Å². The van der Waals surface area contributed by atoms with Crippen LogP contribution in [0.1, 0.15) is 33.7 Å². The molecule has 1 N–H and O–H groups in total. The summed E-state index contributed by atoms with van der Waals surface area (Å²) in [4.78, 5) is 31.6. The van der Waals surface area contributed by atoms with Gasteiger partial charge in [0.25, 0.3) is 5.91 Å². The zero-order valence-corrected chi connectivity index (χ0v) is 15.9. The van der Waals surface area contributed by atoms with Gasteiger partial charge >= 0.3 is 0 Å². The van der Waals surface area contributed by atoms with Crippen LogP contribution in [0.25, 0.3) is 0 Å². The predicted octanol–water partition coefficient (Wildman–Crippen LogP) is 2.59. The monoisotopic (exact) mass is 371 g/mol. The van der Waals surface area contributed by atoms with Gasteiger partial charge in [0.05, 0.1) is 20.8 Å². The van der Waals surface area contributed by atoms with Crippen molar-refractivity contribution in [2.45, 2.75) is 12.8 Å². The normalized spacial score (nSPS) is 13.5. The van der Waals surface area contributed by atoms with Crippen molar-refractivity contribution in [2.24, 2.45) is 0 Å². The van der Waals surface area contributed by atoms with Crippen LogP contribution in [0.5, 0.6) is 11.5 Å². The summed E-state index contributed by atoms with van der Waals surface area (Å²) >= 11 is 0. The first kappa shape index (κ1) is 18.8. The lowest BCUT2D eigenvalue weighted by Crippen LogP contribution is -2.28. The summed E-state index contributed by atoms with van der Waals surface area (Å²) in [6.45, 7) is 1.75. The Labute approximate surface area is 158 Å². The lowest BCUT2D eigenvalue weighted by molar-refractivity contribution is 0.0787. The molecule has 1 amide bonds. The Morgan fingerprint density at radius 1 is 1.11 bits per heavy atom. The molecule has 1 aromatic carbocycles. The second-order valence-electron chi connectivity index (χ2n) is 6.62. The van der Waals surface area contributed by atoms with Gasteiger partial charge in [0.15, 0.2) is 17.3 Å². The fraction of sp³-hybridized carbons (Fsp3) is 0.400. The number of aromatic amines is 1. The fourth-order valence-electron chi connectivity index (χ4n) is 3.23. The summed E-state index contributed by atoms with van der Waals surface area (Å²) < 4.78 is 10.5. The number of hydrogen-bond acceptors (Lipinski definition) is 5. The molecule has 7 nitrogen and oxygen atoms in total. The number of carbonyl (C=O) groups is 2. The molecule has 1 saturated heterocycles. The summed E-state index contributed by atoms with van der Waals surface area (Å²) in [6, 6.07) is 7.14. The topological polar surface area (TPSA) is 74.9 Å². The van der Waals surface area contributed by atoms with Crippen LogP contribution in [0, 0.1) is 0 Å². The largest absolute Gasteiger partial charge is 0.493 e. The molecule has 0 spiro atoms. The Bertz CT molecular complexity index is 824. The molecule has 1 aliphatic heterocycles. The summed E-state index contributed by atoms with van der Waals surface area (Å²) in [5, 5.41) is 0. The van der Waals surface area contributed by atoms with Gasteiger partial charge in [0, 0.05) is 43.7 Å². The third-order valence-electron chi connectivity index (χ3n) is 4.82. The lowest BCUT2D eigenvalue weighted by Gasteiger charge is -2.19. The number of H-pyrrole nitrogens is 1. The van der Waals surface area contributed by atoms with Crippen molar-refractivity contribution >= 4 is 17.4 Å². The van der Waals surface area contributed by atoms with Crippen LogP contribution in [0.15, 0.2) is 30.5 Å². The molecule has 0 unspecified atom stereocenters. The maximum absolute atomic E-state index is 12.6. The smallest absolute Gasteiger partial charge is 0.270 e. The van der Waals surface area contributed by atoms with E-state index in [-0.39, 0.29) is 18.2 Å². The molecule has 27 heavy (non-hydrogen) atoms. The number of likely N-dealkylation sites (tertiary alicyclic amines) is 1. The van der Waals surface area contributed by atoms with E-state index in [0.29, 0.717) is 22.8 Å². The SMILES string of the molecule is COc1ccc(N(C)CC(=O)c2c[nH]c(C(=O)N3CCCC3)c2)cc1OC. The van der Waals surface area contributed by atoms with Gasteiger partial charge in [-0.2, -0.15) is 0 Å². The second-order valence-corrected chi connectivity index (χ2v) is 6.62. The first-order valence-corrected chi connectivity index (χ1v) is 8.97. The quantitative estimate of drug-likeness (QED) is 0.757. The fourth-order valence-corrected chi connectivity index (χ4v) is 3.23. The number of nitrogens with one attached hydrogen (secondary N) is 1. The minimum absolute atomic E-state index is 0.0419. The Kier molecular flexibility index (Phi) is 5.69. The minimum Gasteiger partial charge on any atom is -0.493 e. The number of carbonyl (C=O) groups excluding carboxylic acids is 2. The number of ketones is 1. The van der Waals surface area contributed by atoms with E-state index in [0.717, 1.165) is 31.6 Å². The number of methoxy groups -OCH3 is 2. The van der Waals surface area contributed by atoms with Crippen LogP contribution >= 0.6 is 0 Å². The van der Waals surface area contributed by atoms with Gasteiger partial charge in [-0.05, 0) is 31.0 Å². The average molecular weight is 371 g/mol. The van der Waals surface area contributed by atoms with E-state index in [1.165, 1.54) is 0 Å². The van der Waals surface area contributed by atoms with Gasteiger partial charge in [-0.1, -0.05) is 0 Å². The van der Waals surface area contributed by atoms with Gasteiger partial charge < -0.3 is 24.3 Å². The van der Waals surface area contributed by atoms with Gasteiger partial charge in [-0.15, -0.1) is 0 Å². The number of nitrogens with zero attached hydrogens (tertiary/aromatic N) is 2. The Morgan fingerprint density at radius 3 is 2.48 bits per heavy atom. The maximum Gasteiger partial charge on any atom is 0.270 e. The van der Waals surface area contributed by atoms with Crippen LogP contribution < -0.4 is 14.4 Å². The van der Waals surface area contributed by atoms with Gasteiger partial charge in [0.1, 0.15) is 5.69 Å². The van der Waals surface area contributed by atoms with E-state index < -0.39 is 0 Å². The highest BCUT2D eigenvalue weighted by molar-refractivity contribution is 6.02. The number of likely N-dealkylation sites (N-methyl/N-ethyl adjacent to an activating group) is 1. The molecule has 1 aromatic heterocycles. The molecular weight excluding hydrogens is 346 g/mol. The number of Topliss-reactive ketones (excluding diaryl/α,β-unsaturated/α-hetero) is 1. The van der Waals surface area contributed by atoms with Crippen molar-refractivity contribution in [1.82, 2.24) is 9.88 Å². The molecule has 2 aromatic rings. The predicted molar refractivity (Wildman–Crippen MR) is 103 cm³/mol. The Hall–Kier alpha value is -2.96. The number of benzene rings is 1. The van der Waals surface area contributed by atoms with E-state index in [4.69, 9.17) is 9.47 Å². The van der Waals surface area contributed by atoms with Crippen LogP contribution in [-0.2, 0) is 0 Å². The summed E-state index contributed by atoms with van der Waals surface area (Å²) in [5.41, 5.74) is 1.81. The summed E-state index contributed by atoms with van der Waals surface area (Å²) in [5.74, 6) is 1.13. The van der Waals surface area contributed by atoms with Crippen LogP contribution in [0.4, 0.5) is 5.69 Å². The molecule has 0 saturated carbocycles. The maximum atomic E-state index is 12.6. The third kappa shape index (κ3) is 4.07. The Balaban J connectivity index is 1.67. The van der Waals surface area contributed by atoms with Crippen molar-refractivity contribution < 1.29 is 19.1 Å². The summed E-state index contributed by atoms with van der Waals surface area (Å²) in [7, 11) is 4.99. The van der Waals surface area contributed by atoms with Crippen LogP contribution in [-0.4, -0.2) is 62.5 Å². The van der Waals surface area contributed by atoms with Crippen molar-refractivity contribution in [3.8, 4) is 11.5 Å². The standard InChI is InChI=1S/C20H25N3O4/c1-22(15-6-7-18(26-2)19(11-15)27-3)13-17(24)14-10-16(21-12-14)20(25)23-8-4-5-9-23/h6-7,10-12,21H,4-5,8-9,13H2,1-3H3. The molecule has 0 atom stereocenters. The first-order valence-electron chi connectivity index (χ1n) is 8.97. The molecule has 144 valence electrons. The molecule has 3 rings (SSSR count). The molecule has 2 heterocycles. The molecule has 0 bridgehead atoms. The number of ether oxygens (including phenoxy) is 2. The zero-order valence-electron chi connectivity index (χ0n) is 15.9. The number of aromatic nitrogens is 1. The van der Waals surface area contributed by atoms with E-state index in [1.54, 1.807) is 32.5 Å². The zero-order chi connectivity index (χ0) is 19.4. The van der Waals surface area contributed by atoms with E-state index in [1.807, 2.05) is 29.0 Å². The first-order chi connectivity index (χ1) is 13.0. The molecule has 0 radical (unpaired) electrons. The number of anilines is 1. The van der Waals surface area contributed by atoms with Crippen molar-refractivity contribution in [3.63, 3.8) is 0 Å². The third-order valence-corrected chi connectivity index (χ3v) is 4.82. The van der Waals surface area contributed by atoms with Gasteiger partial charge in [-0.3, -0.25) is 9.59 Å². The highest BCUT2D eigenvalue weighted by Gasteiger charge is 2.22. The lowest BCUT2D eigenvalue weighted by atomic mass is 10.2. The van der Waals surface area contributed by atoms with Gasteiger partial charge in [-0.25, -0.2) is 0 Å². The molecule has 1 fully saturated rings. The Morgan fingerprint density at radius 2 is 1.81 bits per heavy atom. The average Bonchev–Trinajstić information content (AvgIpc) is 3.38. The molecule has 1 aliphatic rings. The minimum atomic E-state index is -0.0657. The van der Waals surface area contributed by atoms with E-state index >= 15 is 0 Å². The van der Waals surface area contributed by atoms with Crippen molar-refractivity contribution in [3.05, 3.63) is 41.7 Å². The van der Waals surface area contributed by atoms with Gasteiger partial charge in [0.2, 0.25) is 0 Å². The van der Waals surface area contributed by atoms with E-state index in [9.17, 15) is 9.59 Å². The van der Waals surface area contributed by atoms with Crippen LogP contribution in [0.3, 0.4) is 0 Å². The highest BCUT2D eigenvalue weighted by atomic mass is 16.5. The molecular formula is C20H25N3O4. The highest BCUT2D eigenvalue weighted by Crippen LogP contribution is 2.31. The number of hydrogen-bond donors (Lipinski definition) is 1. The van der Waals surface area contributed by atoms with Crippen LogP contribution in [0.2, 0.25) is 0 Å². The molecule has 7 heteroatoms. The van der Waals surface area contributed by atoms with Crippen molar-refractivity contribution in [1.29, 1.82) is 0 Å². The second kappa shape index (κ2) is 8.16. The summed E-state index contributed by atoms with van der Waals surface area (Å²) in [6.07, 6.45) is 3.68. The van der Waals surface area contributed by atoms with E-state index in [2.05, 4.69) is 4.98 Å². The number of amides is 1.